The second kappa shape index (κ2) is 4.89. The minimum absolute atomic E-state index is 0.363. The monoisotopic (exact) mass is 271 g/mol. The Balaban J connectivity index is 1.84. The minimum Gasteiger partial charge on any atom is -0.382 e. The van der Waals surface area contributed by atoms with Gasteiger partial charge in [-0.05, 0) is 40.8 Å². The van der Waals surface area contributed by atoms with Crippen LogP contribution in [-0.2, 0) is 7.05 Å². The van der Waals surface area contributed by atoms with Crippen LogP contribution < -0.4 is 5.32 Å². The third-order valence-electron chi connectivity index (χ3n) is 4.34. The van der Waals surface area contributed by atoms with Crippen LogP contribution in [-0.4, -0.2) is 26.2 Å². The van der Waals surface area contributed by atoms with Crippen LogP contribution in [0.5, 0.6) is 0 Å². The maximum absolute atomic E-state index is 4.06. The van der Waals surface area contributed by atoms with E-state index in [1.54, 1.807) is 4.68 Å². The van der Waals surface area contributed by atoms with E-state index in [9.17, 15) is 0 Å². The van der Waals surface area contributed by atoms with Crippen molar-refractivity contribution in [3.05, 3.63) is 24.3 Å². The molecule has 5 nitrogen and oxygen atoms in total. The number of aryl methyl sites for hydroxylation is 1. The quantitative estimate of drug-likeness (QED) is 0.932. The molecule has 1 fully saturated rings. The van der Waals surface area contributed by atoms with Gasteiger partial charge in [-0.1, -0.05) is 32.4 Å². The molecule has 0 amide bonds. The highest BCUT2D eigenvalue weighted by Gasteiger charge is 2.34. The standard InChI is InChI=1S/C15H21N5/c1-15(2)9-5-8-13(15)16-12-7-4-6-11(10-12)14-17-18-19-20(14)3/h4,6-7,10,13,16H,5,8-9H2,1-3H3. The summed E-state index contributed by atoms with van der Waals surface area (Å²) in [6.07, 6.45) is 3.83. The smallest absolute Gasteiger partial charge is 0.181 e. The molecule has 1 aliphatic carbocycles. The minimum atomic E-state index is 0.363. The Morgan fingerprint density at radius 1 is 1.35 bits per heavy atom. The van der Waals surface area contributed by atoms with Gasteiger partial charge in [0.2, 0.25) is 0 Å². The summed E-state index contributed by atoms with van der Waals surface area (Å²) >= 11 is 0. The van der Waals surface area contributed by atoms with Gasteiger partial charge < -0.3 is 5.32 Å². The summed E-state index contributed by atoms with van der Waals surface area (Å²) < 4.78 is 1.69. The molecule has 3 rings (SSSR count). The zero-order valence-electron chi connectivity index (χ0n) is 12.3. The fraction of sp³-hybridized carbons (Fsp3) is 0.533. The third-order valence-corrected chi connectivity index (χ3v) is 4.34. The Morgan fingerprint density at radius 2 is 2.20 bits per heavy atom. The van der Waals surface area contributed by atoms with E-state index < -0.39 is 0 Å². The molecule has 1 heterocycles. The highest BCUT2D eigenvalue weighted by molar-refractivity contribution is 5.62. The Hall–Kier alpha value is -1.91. The molecule has 20 heavy (non-hydrogen) atoms. The van der Waals surface area contributed by atoms with Gasteiger partial charge in [-0.3, -0.25) is 0 Å². The summed E-state index contributed by atoms with van der Waals surface area (Å²) in [6.45, 7) is 4.68. The van der Waals surface area contributed by atoms with Gasteiger partial charge in [0.15, 0.2) is 5.82 Å². The van der Waals surface area contributed by atoms with Crippen molar-refractivity contribution in [2.45, 2.75) is 39.2 Å². The molecule has 0 spiro atoms. The summed E-state index contributed by atoms with van der Waals surface area (Å²) in [5.74, 6) is 0.791. The third kappa shape index (κ3) is 2.40. The van der Waals surface area contributed by atoms with Gasteiger partial charge in [0.1, 0.15) is 0 Å². The number of aromatic nitrogens is 4. The van der Waals surface area contributed by atoms with Gasteiger partial charge in [0.25, 0.3) is 0 Å². The van der Waals surface area contributed by atoms with E-state index in [4.69, 9.17) is 0 Å². The molecule has 1 aromatic heterocycles. The van der Waals surface area contributed by atoms with Crippen LogP contribution in [0.15, 0.2) is 24.3 Å². The number of nitrogens with one attached hydrogen (secondary N) is 1. The second-order valence-corrected chi connectivity index (χ2v) is 6.28. The number of tetrazole rings is 1. The van der Waals surface area contributed by atoms with E-state index in [0.717, 1.165) is 17.1 Å². The van der Waals surface area contributed by atoms with Crippen LogP contribution >= 0.6 is 0 Å². The van der Waals surface area contributed by atoms with E-state index in [2.05, 4.69) is 46.8 Å². The van der Waals surface area contributed by atoms with Gasteiger partial charge >= 0.3 is 0 Å². The van der Waals surface area contributed by atoms with Crippen molar-refractivity contribution in [3.8, 4) is 11.4 Å². The Bertz CT molecular complexity index is 602. The van der Waals surface area contributed by atoms with E-state index in [1.165, 1.54) is 19.3 Å². The topological polar surface area (TPSA) is 55.6 Å². The van der Waals surface area contributed by atoms with Gasteiger partial charge in [0, 0.05) is 24.3 Å². The Labute approximate surface area is 119 Å². The van der Waals surface area contributed by atoms with Gasteiger partial charge in [-0.25, -0.2) is 4.68 Å². The van der Waals surface area contributed by atoms with Crippen molar-refractivity contribution in [3.63, 3.8) is 0 Å². The van der Waals surface area contributed by atoms with Crippen LogP contribution in [0.3, 0.4) is 0 Å². The predicted molar refractivity (Wildman–Crippen MR) is 79.3 cm³/mol. The van der Waals surface area contributed by atoms with E-state index in [0.29, 0.717) is 11.5 Å². The normalized spacial score (nSPS) is 21.1. The van der Waals surface area contributed by atoms with Gasteiger partial charge in [-0.2, -0.15) is 0 Å². The highest BCUT2D eigenvalue weighted by Crippen LogP contribution is 2.39. The molecular formula is C15H21N5. The number of anilines is 1. The highest BCUT2D eigenvalue weighted by atomic mass is 15.5. The molecule has 106 valence electrons. The summed E-state index contributed by atoms with van der Waals surface area (Å²) in [5, 5.41) is 15.3. The van der Waals surface area contributed by atoms with Crippen molar-refractivity contribution in [2.24, 2.45) is 12.5 Å². The lowest BCUT2D eigenvalue weighted by atomic mass is 9.87. The van der Waals surface area contributed by atoms with Crippen LogP contribution in [0.25, 0.3) is 11.4 Å². The lowest BCUT2D eigenvalue weighted by Gasteiger charge is -2.28. The van der Waals surface area contributed by atoms with Crippen LogP contribution in [0.4, 0.5) is 5.69 Å². The fourth-order valence-corrected chi connectivity index (χ4v) is 3.02. The first kappa shape index (κ1) is 13.1. The second-order valence-electron chi connectivity index (χ2n) is 6.28. The van der Waals surface area contributed by atoms with Gasteiger partial charge in [0.05, 0.1) is 0 Å². The van der Waals surface area contributed by atoms with Crippen molar-refractivity contribution in [1.82, 2.24) is 20.2 Å². The van der Waals surface area contributed by atoms with E-state index >= 15 is 0 Å². The van der Waals surface area contributed by atoms with E-state index in [-0.39, 0.29) is 0 Å². The van der Waals surface area contributed by atoms with Crippen LogP contribution in [0.2, 0.25) is 0 Å². The van der Waals surface area contributed by atoms with Crippen molar-refractivity contribution in [1.29, 1.82) is 0 Å². The van der Waals surface area contributed by atoms with Gasteiger partial charge in [-0.15, -0.1) is 5.10 Å². The summed E-state index contributed by atoms with van der Waals surface area (Å²) in [5.41, 5.74) is 2.55. The number of nitrogens with zero attached hydrogens (tertiary/aromatic N) is 4. The summed E-state index contributed by atoms with van der Waals surface area (Å²) in [4.78, 5) is 0. The molecule has 1 unspecified atom stereocenters. The van der Waals surface area contributed by atoms with Crippen LogP contribution in [0, 0.1) is 5.41 Å². The van der Waals surface area contributed by atoms with Crippen molar-refractivity contribution in [2.75, 3.05) is 5.32 Å². The average molecular weight is 271 g/mol. The van der Waals surface area contributed by atoms with Crippen LogP contribution in [0.1, 0.15) is 33.1 Å². The molecule has 0 radical (unpaired) electrons. The molecule has 2 aromatic rings. The molecule has 1 aliphatic rings. The SMILES string of the molecule is Cn1nnnc1-c1cccc(NC2CCCC2(C)C)c1. The van der Waals surface area contributed by atoms with Crippen molar-refractivity contribution < 1.29 is 0 Å². The number of rotatable bonds is 3. The largest absolute Gasteiger partial charge is 0.382 e. The fourth-order valence-electron chi connectivity index (χ4n) is 3.02. The first-order valence-corrected chi connectivity index (χ1v) is 7.15. The zero-order chi connectivity index (χ0) is 14.2. The molecule has 5 heteroatoms. The molecule has 1 saturated carbocycles. The predicted octanol–water partition coefficient (Wildman–Crippen LogP) is 2.87. The van der Waals surface area contributed by atoms with E-state index in [1.807, 2.05) is 19.2 Å². The Kier molecular flexibility index (Phi) is 3.20. The zero-order valence-corrected chi connectivity index (χ0v) is 12.3. The number of benzene rings is 1. The molecule has 1 atom stereocenters. The molecule has 1 aromatic carbocycles. The summed E-state index contributed by atoms with van der Waals surface area (Å²) in [6, 6.07) is 8.86. The molecule has 0 bridgehead atoms. The lowest BCUT2D eigenvalue weighted by molar-refractivity contribution is 0.350. The maximum atomic E-state index is 4.06. The van der Waals surface area contributed by atoms with Crippen molar-refractivity contribution >= 4 is 5.69 Å². The summed E-state index contributed by atoms with van der Waals surface area (Å²) in [7, 11) is 1.86. The number of hydrogen-bond donors (Lipinski definition) is 1. The Morgan fingerprint density at radius 3 is 2.85 bits per heavy atom. The molecular weight excluding hydrogens is 250 g/mol. The lowest BCUT2D eigenvalue weighted by Crippen LogP contribution is -2.30. The first-order valence-electron chi connectivity index (χ1n) is 7.15. The molecule has 1 N–H and O–H groups in total. The first-order chi connectivity index (χ1) is 9.56. The maximum Gasteiger partial charge on any atom is 0.181 e. The average Bonchev–Trinajstić information content (AvgIpc) is 2.97. The molecule has 0 aliphatic heterocycles. The number of hydrogen-bond acceptors (Lipinski definition) is 4. The molecule has 0 saturated heterocycles.